The van der Waals surface area contributed by atoms with Gasteiger partial charge in [0.2, 0.25) is 0 Å². The molecule has 0 rings (SSSR count). The number of hydrogen-bond acceptors (Lipinski definition) is 5. The van der Waals surface area contributed by atoms with Gasteiger partial charge in [0, 0.05) is 13.5 Å². The van der Waals surface area contributed by atoms with Gasteiger partial charge in [-0.25, -0.2) is 4.79 Å². The highest BCUT2D eigenvalue weighted by Crippen LogP contribution is 2.12. The number of methoxy groups -OCH3 is 1. The Balaban J connectivity index is 3.49. The molecule has 0 aliphatic carbocycles. The van der Waals surface area contributed by atoms with E-state index < -0.39 is 6.16 Å². The molecule has 0 radical (unpaired) electrons. The maximum atomic E-state index is 10.3. The number of hydrogen-bond donors (Lipinski definition) is 1. The molecule has 0 saturated carbocycles. The Morgan fingerprint density at radius 3 is 2.50 bits per heavy atom. The zero-order valence-corrected chi connectivity index (χ0v) is 7.49. The van der Waals surface area contributed by atoms with Gasteiger partial charge >= 0.3 is 6.16 Å². The lowest BCUT2D eigenvalue weighted by Crippen LogP contribution is -2.25. The molecule has 12 heavy (non-hydrogen) atoms. The van der Waals surface area contributed by atoms with Gasteiger partial charge in [-0.15, -0.1) is 0 Å². The van der Waals surface area contributed by atoms with Gasteiger partial charge in [0.1, 0.15) is 0 Å². The summed E-state index contributed by atoms with van der Waals surface area (Å²) in [5.41, 5.74) is -0.338. The zero-order valence-electron chi connectivity index (χ0n) is 7.49. The molecule has 0 unspecified atom stereocenters. The maximum Gasteiger partial charge on any atom is 0.540 e. The van der Waals surface area contributed by atoms with Crippen LogP contribution in [0.4, 0.5) is 4.79 Å². The molecule has 0 aliphatic rings. The summed E-state index contributed by atoms with van der Waals surface area (Å²) in [5, 5.41) is 7.82. The van der Waals surface area contributed by atoms with E-state index in [9.17, 15) is 4.79 Å². The Labute approximate surface area is 71.2 Å². The van der Waals surface area contributed by atoms with E-state index in [0.717, 1.165) is 0 Å². The summed E-state index contributed by atoms with van der Waals surface area (Å²) in [4.78, 5) is 13.5. The van der Waals surface area contributed by atoms with E-state index in [2.05, 4.69) is 9.62 Å². The highest BCUT2D eigenvalue weighted by atomic mass is 17.1. The van der Waals surface area contributed by atoms with Crippen LogP contribution in [0.2, 0.25) is 0 Å². The average molecular weight is 178 g/mol. The van der Waals surface area contributed by atoms with Crippen molar-refractivity contribution >= 4 is 6.16 Å². The standard InChI is InChI=1S/C7H14O5/c1-7(2,10-3)4-5-11-6(8)12-9/h9H,4-5H2,1-3H3. The molecule has 1 N–H and O–H groups in total. The second kappa shape index (κ2) is 4.95. The summed E-state index contributed by atoms with van der Waals surface area (Å²) in [7, 11) is 1.57. The summed E-state index contributed by atoms with van der Waals surface area (Å²) in [6.45, 7) is 3.88. The predicted octanol–water partition coefficient (Wildman–Crippen LogP) is 1.43. The molecule has 0 amide bonds. The van der Waals surface area contributed by atoms with Gasteiger partial charge in [-0.1, -0.05) is 0 Å². The number of ether oxygens (including phenoxy) is 2. The van der Waals surface area contributed by atoms with Crippen molar-refractivity contribution in [1.29, 1.82) is 0 Å². The molecule has 0 saturated heterocycles. The van der Waals surface area contributed by atoms with Gasteiger partial charge < -0.3 is 9.47 Å². The van der Waals surface area contributed by atoms with E-state index in [0.29, 0.717) is 6.42 Å². The SMILES string of the molecule is COC(C)(C)CCOC(=O)OO. The summed E-state index contributed by atoms with van der Waals surface area (Å²) >= 11 is 0. The van der Waals surface area contributed by atoms with E-state index in [1.54, 1.807) is 7.11 Å². The van der Waals surface area contributed by atoms with Crippen LogP contribution in [0.15, 0.2) is 0 Å². The third kappa shape index (κ3) is 4.92. The minimum Gasteiger partial charge on any atom is -0.432 e. The van der Waals surface area contributed by atoms with E-state index in [1.807, 2.05) is 13.8 Å². The third-order valence-corrected chi connectivity index (χ3v) is 1.55. The Morgan fingerprint density at radius 2 is 2.08 bits per heavy atom. The first-order chi connectivity index (χ1) is 5.52. The third-order valence-electron chi connectivity index (χ3n) is 1.55. The molecule has 0 atom stereocenters. The molecule has 5 nitrogen and oxygen atoms in total. The molecule has 0 heterocycles. The van der Waals surface area contributed by atoms with Crippen molar-refractivity contribution in [3.05, 3.63) is 0 Å². The van der Waals surface area contributed by atoms with E-state index in [4.69, 9.17) is 9.99 Å². The molecule has 5 heteroatoms. The molecule has 0 aliphatic heterocycles. The predicted molar refractivity (Wildman–Crippen MR) is 40.8 cm³/mol. The van der Waals surface area contributed by atoms with Gasteiger partial charge in [0.05, 0.1) is 12.2 Å². The molecule has 0 spiro atoms. The number of carbonyl (C=O) groups excluding carboxylic acids is 1. The Bertz CT molecular complexity index is 143. The first-order valence-corrected chi connectivity index (χ1v) is 3.55. The van der Waals surface area contributed by atoms with Gasteiger partial charge in [-0.2, -0.15) is 5.26 Å². The fourth-order valence-electron chi connectivity index (χ4n) is 0.509. The Kier molecular flexibility index (Phi) is 4.61. The molecular formula is C7H14O5. The van der Waals surface area contributed by atoms with Crippen LogP contribution in [-0.2, 0) is 14.4 Å². The molecule has 0 bridgehead atoms. The minimum absolute atomic E-state index is 0.153. The first kappa shape index (κ1) is 11.2. The van der Waals surface area contributed by atoms with Crippen LogP contribution in [0.1, 0.15) is 20.3 Å². The molecule has 72 valence electrons. The van der Waals surface area contributed by atoms with Crippen molar-refractivity contribution in [2.45, 2.75) is 25.9 Å². The lowest BCUT2D eigenvalue weighted by Gasteiger charge is -2.21. The zero-order chi connectivity index (χ0) is 9.61. The quantitative estimate of drug-likeness (QED) is 0.400. The fraction of sp³-hybridized carbons (Fsp3) is 0.857. The highest BCUT2D eigenvalue weighted by Gasteiger charge is 2.17. The van der Waals surface area contributed by atoms with Crippen LogP contribution < -0.4 is 0 Å². The number of rotatable bonds is 4. The monoisotopic (exact) mass is 178 g/mol. The highest BCUT2D eigenvalue weighted by molar-refractivity contribution is 5.58. The van der Waals surface area contributed by atoms with Crippen LogP contribution in [0, 0.1) is 0 Å². The van der Waals surface area contributed by atoms with Crippen LogP contribution >= 0.6 is 0 Å². The fourth-order valence-corrected chi connectivity index (χ4v) is 0.509. The van der Waals surface area contributed by atoms with Crippen molar-refractivity contribution in [3.63, 3.8) is 0 Å². The van der Waals surface area contributed by atoms with Gasteiger partial charge in [0.25, 0.3) is 0 Å². The van der Waals surface area contributed by atoms with Crippen LogP contribution in [0.25, 0.3) is 0 Å². The van der Waals surface area contributed by atoms with Crippen molar-refractivity contribution in [3.8, 4) is 0 Å². The Morgan fingerprint density at radius 1 is 1.50 bits per heavy atom. The summed E-state index contributed by atoms with van der Waals surface area (Å²) in [5.74, 6) is 0. The summed E-state index contributed by atoms with van der Waals surface area (Å²) in [6, 6.07) is 0. The first-order valence-electron chi connectivity index (χ1n) is 3.55. The maximum absolute atomic E-state index is 10.3. The van der Waals surface area contributed by atoms with Gasteiger partial charge in [-0.05, 0) is 13.8 Å². The topological polar surface area (TPSA) is 65.0 Å². The second-order valence-electron chi connectivity index (χ2n) is 2.90. The number of carbonyl (C=O) groups is 1. The lowest BCUT2D eigenvalue weighted by molar-refractivity contribution is -0.201. The van der Waals surface area contributed by atoms with Gasteiger partial charge in [0.15, 0.2) is 0 Å². The van der Waals surface area contributed by atoms with E-state index >= 15 is 0 Å². The van der Waals surface area contributed by atoms with Crippen molar-refractivity contribution in [1.82, 2.24) is 0 Å². The van der Waals surface area contributed by atoms with Crippen LogP contribution in [0.3, 0.4) is 0 Å². The van der Waals surface area contributed by atoms with E-state index in [1.165, 1.54) is 0 Å². The summed E-state index contributed by atoms with van der Waals surface area (Å²) in [6.07, 6.45) is -0.555. The van der Waals surface area contributed by atoms with Crippen LogP contribution in [0.5, 0.6) is 0 Å². The molecular weight excluding hydrogens is 164 g/mol. The summed E-state index contributed by atoms with van der Waals surface area (Å²) < 4.78 is 9.50. The van der Waals surface area contributed by atoms with Gasteiger partial charge in [-0.3, -0.25) is 4.89 Å². The lowest BCUT2D eigenvalue weighted by atomic mass is 10.1. The van der Waals surface area contributed by atoms with Crippen molar-refractivity contribution in [2.75, 3.05) is 13.7 Å². The van der Waals surface area contributed by atoms with Crippen molar-refractivity contribution in [2.24, 2.45) is 0 Å². The van der Waals surface area contributed by atoms with Crippen molar-refractivity contribution < 1.29 is 24.4 Å². The molecule has 0 aromatic rings. The van der Waals surface area contributed by atoms with Crippen LogP contribution in [-0.4, -0.2) is 30.7 Å². The molecule has 0 aromatic heterocycles. The normalized spacial score (nSPS) is 11.0. The average Bonchev–Trinajstić information content (AvgIpc) is 2.04. The molecule has 0 fully saturated rings. The Hall–Kier alpha value is -0.810. The largest absolute Gasteiger partial charge is 0.540 e. The second-order valence-corrected chi connectivity index (χ2v) is 2.90. The minimum atomic E-state index is -1.10. The smallest absolute Gasteiger partial charge is 0.432 e. The van der Waals surface area contributed by atoms with E-state index in [-0.39, 0.29) is 12.2 Å². The molecule has 0 aromatic carbocycles.